The maximum absolute atomic E-state index is 12.6. The molecule has 0 saturated heterocycles. The van der Waals surface area contributed by atoms with Crippen LogP contribution in [0, 0.1) is 0 Å². The summed E-state index contributed by atoms with van der Waals surface area (Å²) < 4.78 is 39.1. The van der Waals surface area contributed by atoms with Gasteiger partial charge >= 0.3 is 6.18 Å². The molecule has 3 aromatic rings. The average molecular weight is 406 g/mol. The number of alkyl halides is 3. The molecule has 130 valence electrons. The van der Waals surface area contributed by atoms with Crippen molar-refractivity contribution in [2.45, 2.75) is 17.0 Å². The summed E-state index contributed by atoms with van der Waals surface area (Å²) in [5, 5.41) is 0.524. The van der Waals surface area contributed by atoms with Crippen molar-refractivity contribution < 1.29 is 13.2 Å². The van der Waals surface area contributed by atoms with Gasteiger partial charge in [-0.3, -0.25) is 9.20 Å². The van der Waals surface area contributed by atoms with Gasteiger partial charge in [0.05, 0.1) is 21.3 Å². The fraction of sp³-hybridized carbons (Fsp3) is 0.133. The molecule has 0 N–H and O–H groups in total. The molecule has 3 rings (SSSR count). The van der Waals surface area contributed by atoms with Crippen molar-refractivity contribution in [2.75, 3.05) is 0 Å². The van der Waals surface area contributed by atoms with Gasteiger partial charge in [0.2, 0.25) is 0 Å². The highest BCUT2D eigenvalue weighted by atomic mass is 35.5. The van der Waals surface area contributed by atoms with Crippen molar-refractivity contribution in [3.8, 4) is 0 Å². The molecule has 3 aromatic heterocycles. The third-order valence-electron chi connectivity index (χ3n) is 3.17. The fourth-order valence-corrected chi connectivity index (χ4v) is 3.28. The van der Waals surface area contributed by atoms with Gasteiger partial charge < -0.3 is 0 Å². The fourth-order valence-electron chi connectivity index (χ4n) is 2.03. The van der Waals surface area contributed by atoms with E-state index >= 15 is 0 Å². The van der Waals surface area contributed by atoms with Crippen molar-refractivity contribution in [1.82, 2.24) is 14.4 Å². The predicted molar refractivity (Wildman–Crippen MR) is 90.3 cm³/mol. The molecule has 0 unspecified atom stereocenters. The first-order valence-corrected chi connectivity index (χ1v) is 8.51. The second-order valence-corrected chi connectivity index (χ2v) is 6.77. The number of fused-ring (bicyclic) bond motifs is 1. The molecular weight excluding hydrogens is 398 g/mol. The lowest BCUT2D eigenvalue weighted by Crippen LogP contribution is -2.15. The number of nitrogens with zero attached hydrogens (tertiary/aromatic N) is 3. The third-order valence-corrected chi connectivity index (χ3v) is 4.83. The van der Waals surface area contributed by atoms with E-state index in [0.717, 1.165) is 24.0 Å². The number of pyridine rings is 2. The van der Waals surface area contributed by atoms with E-state index in [1.165, 1.54) is 16.7 Å². The largest absolute Gasteiger partial charge is 0.417 e. The van der Waals surface area contributed by atoms with Gasteiger partial charge in [0.1, 0.15) is 10.7 Å². The molecule has 0 amide bonds. The van der Waals surface area contributed by atoms with Crippen molar-refractivity contribution in [2.24, 2.45) is 0 Å². The summed E-state index contributed by atoms with van der Waals surface area (Å²) in [6, 6.07) is 5.35. The number of hydrogen-bond donors (Lipinski definition) is 0. The highest BCUT2D eigenvalue weighted by molar-refractivity contribution is 7.98. The van der Waals surface area contributed by atoms with E-state index in [4.69, 9.17) is 23.2 Å². The summed E-state index contributed by atoms with van der Waals surface area (Å²) in [6.07, 6.45) is -2.33. The highest BCUT2D eigenvalue weighted by Gasteiger charge is 2.31. The first-order chi connectivity index (χ1) is 11.7. The number of thioether (sulfide) groups is 1. The lowest BCUT2D eigenvalue weighted by atomic mass is 10.3. The zero-order valence-corrected chi connectivity index (χ0v) is 14.5. The van der Waals surface area contributed by atoms with Gasteiger partial charge in [0, 0.05) is 24.2 Å². The van der Waals surface area contributed by atoms with Crippen LogP contribution in [0.5, 0.6) is 0 Å². The molecule has 0 saturated carbocycles. The molecule has 0 aromatic carbocycles. The third kappa shape index (κ3) is 4.08. The first-order valence-electron chi connectivity index (χ1n) is 6.77. The number of aromatic nitrogens is 3. The molecule has 0 radical (unpaired) electrons. The second-order valence-electron chi connectivity index (χ2n) is 4.96. The molecule has 4 nitrogen and oxygen atoms in total. The van der Waals surface area contributed by atoms with E-state index in [-0.39, 0.29) is 21.4 Å². The lowest BCUT2D eigenvalue weighted by Gasteiger charge is -2.09. The van der Waals surface area contributed by atoms with Crippen LogP contribution in [-0.2, 0) is 11.9 Å². The molecule has 0 aliphatic heterocycles. The van der Waals surface area contributed by atoms with Crippen LogP contribution in [0.1, 0.15) is 11.3 Å². The normalized spacial score (nSPS) is 11.9. The van der Waals surface area contributed by atoms with E-state index in [0.29, 0.717) is 16.4 Å². The van der Waals surface area contributed by atoms with Crippen molar-refractivity contribution in [3.63, 3.8) is 0 Å². The Hall–Kier alpha value is -1.77. The Kier molecular flexibility index (Phi) is 4.95. The summed E-state index contributed by atoms with van der Waals surface area (Å²) in [5.41, 5.74) is -0.357. The SMILES string of the molecule is O=c1cc(CSc2ncc(C(F)(F)F)cc2Cl)nc2ccc(Cl)cn12. The molecule has 3 heterocycles. The molecule has 0 bridgehead atoms. The van der Waals surface area contributed by atoms with E-state index in [1.807, 2.05) is 0 Å². The molecule has 0 aliphatic carbocycles. The van der Waals surface area contributed by atoms with E-state index < -0.39 is 11.7 Å². The van der Waals surface area contributed by atoms with Gasteiger partial charge in [0.15, 0.2) is 0 Å². The van der Waals surface area contributed by atoms with Crippen LogP contribution >= 0.6 is 35.0 Å². The van der Waals surface area contributed by atoms with Crippen LogP contribution in [0.25, 0.3) is 5.65 Å². The van der Waals surface area contributed by atoms with Crippen LogP contribution in [-0.4, -0.2) is 14.4 Å². The summed E-state index contributed by atoms with van der Waals surface area (Å²) in [5.74, 6) is 0.229. The first kappa shape index (κ1) is 18.0. The quantitative estimate of drug-likeness (QED) is 0.592. The minimum Gasteiger partial charge on any atom is -0.269 e. The summed E-state index contributed by atoms with van der Waals surface area (Å²) in [7, 11) is 0. The average Bonchev–Trinajstić information content (AvgIpc) is 2.53. The van der Waals surface area contributed by atoms with Gasteiger partial charge in [-0.25, -0.2) is 9.97 Å². The van der Waals surface area contributed by atoms with Crippen molar-refractivity contribution in [3.05, 3.63) is 68.3 Å². The maximum Gasteiger partial charge on any atom is 0.417 e. The van der Waals surface area contributed by atoms with Crippen LogP contribution < -0.4 is 5.56 Å². The van der Waals surface area contributed by atoms with Crippen molar-refractivity contribution in [1.29, 1.82) is 0 Å². The number of rotatable bonds is 3. The number of halogens is 5. The lowest BCUT2D eigenvalue weighted by molar-refractivity contribution is -0.137. The molecule has 25 heavy (non-hydrogen) atoms. The van der Waals surface area contributed by atoms with Crippen LogP contribution in [0.4, 0.5) is 13.2 Å². The van der Waals surface area contributed by atoms with E-state index in [1.54, 1.807) is 12.1 Å². The molecule has 0 fully saturated rings. The Balaban J connectivity index is 1.83. The van der Waals surface area contributed by atoms with Crippen LogP contribution in [0.3, 0.4) is 0 Å². The van der Waals surface area contributed by atoms with Gasteiger partial charge in [-0.15, -0.1) is 0 Å². The Morgan fingerprint density at radius 3 is 2.64 bits per heavy atom. The maximum atomic E-state index is 12.6. The Bertz CT molecular complexity index is 1010. The highest BCUT2D eigenvalue weighted by Crippen LogP contribution is 2.34. The van der Waals surface area contributed by atoms with E-state index in [2.05, 4.69) is 9.97 Å². The van der Waals surface area contributed by atoms with Gasteiger partial charge in [-0.2, -0.15) is 13.2 Å². The molecule has 0 atom stereocenters. The zero-order chi connectivity index (χ0) is 18.2. The summed E-state index contributed by atoms with van der Waals surface area (Å²) in [6.45, 7) is 0. The molecule has 0 aliphatic rings. The predicted octanol–water partition coefficient (Wildman–Crippen LogP) is 4.71. The van der Waals surface area contributed by atoms with E-state index in [9.17, 15) is 18.0 Å². The Labute approximate surface area is 153 Å². The summed E-state index contributed by atoms with van der Waals surface area (Å²) >= 11 is 12.8. The number of hydrogen-bond acceptors (Lipinski definition) is 4. The van der Waals surface area contributed by atoms with Gasteiger partial charge in [-0.05, 0) is 18.2 Å². The molecule has 0 spiro atoms. The van der Waals surface area contributed by atoms with Crippen LogP contribution in [0.2, 0.25) is 10.0 Å². The monoisotopic (exact) mass is 405 g/mol. The van der Waals surface area contributed by atoms with Gasteiger partial charge in [-0.1, -0.05) is 35.0 Å². The minimum absolute atomic E-state index is 0.107. The Morgan fingerprint density at radius 2 is 1.96 bits per heavy atom. The topological polar surface area (TPSA) is 47.3 Å². The second kappa shape index (κ2) is 6.86. The standard InChI is InChI=1S/C15H8Cl2F3N3OS/c16-9-1-2-12-22-10(4-13(24)23(12)6-9)7-25-14-11(17)3-8(5-21-14)15(18,19)20/h1-6H,7H2. The molecule has 10 heteroatoms. The van der Waals surface area contributed by atoms with Crippen LogP contribution in [0.15, 0.2) is 46.5 Å². The molecular formula is C15H8Cl2F3N3OS. The summed E-state index contributed by atoms with van der Waals surface area (Å²) in [4.78, 5) is 20.1. The zero-order valence-electron chi connectivity index (χ0n) is 12.2. The Morgan fingerprint density at radius 1 is 1.20 bits per heavy atom. The van der Waals surface area contributed by atoms with Crippen molar-refractivity contribution >= 4 is 40.6 Å². The smallest absolute Gasteiger partial charge is 0.269 e. The van der Waals surface area contributed by atoms with Gasteiger partial charge in [0.25, 0.3) is 5.56 Å². The minimum atomic E-state index is -4.50.